The maximum Gasteiger partial charge on any atom is 0.161 e. The predicted molar refractivity (Wildman–Crippen MR) is 80.8 cm³/mol. The Kier molecular flexibility index (Phi) is 8.11. The Morgan fingerprint density at radius 3 is 2.32 bits per heavy atom. The third-order valence-electron chi connectivity index (χ3n) is 3.41. The van der Waals surface area contributed by atoms with Crippen molar-refractivity contribution >= 4 is 0 Å². The molecule has 0 aliphatic rings. The Morgan fingerprint density at radius 2 is 1.63 bits per heavy atom. The number of benzene rings is 1. The highest BCUT2D eigenvalue weighted by Crippen LogP contribution is 2.26. The van der Waals surface area contributed by atoms with E-state index in [1.165, 1.54) is 44.9 Å². The number of para-hydroxylation sites is 2. The fourth-order valence-electron chi connectivity index (χ4n) is 2.22. The van der Waals surface area contributed by atoms with Crippen molar-refractivity contribution in [3.05, 3.63) is 24.3 Å². The molecule has 1 aromatic rings. The zero-order valence-electron chi connectivity index (χ0n) is 12.4. The van der Waals surface area contributed by atoms with E-state index in [0.717, 1.165) is 6.42 Å². The van der Waals surface area contributed by atoms with E-state index < -0.39 is 0 Å². The van der Waals surface area contributed by atoms with E-state index in [-0.39, 0.29) is 11.9 Å². The third kappa shape index (κ3) is 7.09. The van der Waals surface area contributed by atoms with Gasteiger partial charge in [-0.1, -0.05) is 57.6 Å². The van der Waals surface area contributed by atoms with E-state index in [0.29, 0.717) is 5.75 Å². The van der Waals surface area contributed by atoms with Crippen molar-refractivity contribution in [3.63, 3.8) is 0 Å². The molecule has 1 rings (SSSR count). The molecule has 1 aromatic carbocycles. The van der Waals surface area contributed by atoms with Gasteiger partial charge in [0.2, 0.25) is 0 Å². The highest BCUT2D eigenvalue weighted by Gasteiger charge is 2.06. The van der Waals surface area contributed by atoms with Crippen molar-refractivity contribution in [2.24, 2.45) is 0 Å². The van der Waals surface area contributed by atoms with Crippen LogP contribution in [0.3, 0.4) is 0 Å². The van der Waals surface area contributed by atoms with Gasteiger partial charge in [-0.2, -0.15) is 0 Å². The van der Waals surface area contributed by atoms with E-state index >= 15 is 0 Å². The van der Waals surface area contributed by atoms with Crippen LogP contribution >= 0.6 is 0 Å². The fraction of sp³-hybridized carbons (Fsp3) is 0.647. The molecule has 0 bridgehead atoms. The van der Waals surface area contributed by atoms with Gasteiger partial charge in [-0.3, -0.25) is 0 Å². The van der Waals surface area contributed by atoms with Crippen molar-refractivity contribution in [2.45, 2.75) is 71.3 Å². The molecule has 19 heavy (non-hydrogen) atoms. The molecule has 0 radical (unpaired) electrons. The Bertz CT molecular complexity index is 336. The lowest BCUT2D eigenvalue weighted by molar-refractivity contribution is 0.198. The molecular weight excluding hydrogens is 236 g/mol. The van der Waals surface area contributed by atoms with Crippen LogP contribution in [0.1, 0.15) is 65.2 Å². The minimum absolute atomic E-state index is 0.170. The average Bonchev–Trinajstić information content (AvgIpc) is 2.40. The summed E-state index contributed by atoms with van der Waals surface area (Å²) in [6, 6.07) is 7.17. The van der Waals surface area contributed by atoms with Crippen LogP contribution in [0, 0.1) is 0 Å². The number of hydrogen-bond donors (Lipinski definition) is 1. The third-order valence-corrected chi connectivity index (χ3v) is 3.41. The van der Waals surface area contributed by atoms with Crippen molar-refractivity contribution in [3.8, 4) is 11.5 Å². The maximum absolute atomic E-state index is 9.63. The first-order valence-corrected chi connectivity index (χ1v) is 7.68. The monoisotopic (exact) mass is 264 g/mol. The van der Waals surface area contributed by atoms with Crippen molar-refractivity contribution < 1.29 is 9.84 Å². The average molecular weight is 264 g/mol. The van der Waals surface area contributed by atoms with Crippen molar-refractivity contribution in [1.82, 2.24) is 0 Å². The van der Waals surface area contributed by atoms with E-state index in [1.54, 1.807) is 6.07 Å². The number of unbranched alkanes of at least 4 members (excludes halogenated alkanes) is 6. The van der Waals surface area contributed by atoms with Gasteiger partial charge in [-0.15, -0.1) is 0 Å². The summed E-state index contributed by atoms with van der Waals surface area (Å²) in [4.78, 5) is 0. The SMILES string of the molecule is CCCCCCCCCC(C)Oc1ccccc1O. The van der Waals surface area contributed by atoms with E-state index in [4.69, 9.17) is 4.74 Å². The Hall–Kier alpha value is -1.18. The summed E-state index contributed by atoms with van der Waals surface area (Å²) in [5.74, 6) is 0.826. The molecule has 2 nitrogen and oxygen atoms in total. The molecule has 0 saturated heterocycles. The molecule has 2 heteroatoms. The Balaban J connectivity index is 2.08. The van der Waals surface area contributed by atoms with Crippen LogP contribution in [0.2, 0.25) is 0 Å². The molecule has 108 valence electrons. The van der Waals surface area contributed by atoms with E-state index in [9.17, 15) is 5.11 Å². The van der Waals surface area contributed by atoms with Gasteiger partial charge in [0.1, 0.15) is 0 Å². The highest BCUT2D eigenvalue weighted by molar-refractivity contribution is 5.37. The van der Waals surface area contributed by atoms with Crippen molar-refractivity contribution in [2.75, 3.05) is 0 Å². The topological polar surface area (TPSA) is 29.5 Å². The molecule has 0 spiro atoms. The van der Waals surface area contributed by atoms with Crippen LogP contribution in [0.5, 0.6) is 11.5 Å². The summed E-state index contributed by atoms with van der Waals surface area (Å²) in [5.41, 5.74) is 0. The van der Waals surface area contributed by atoms with Crippen molar-refractivity contribution in [1.29, 1.82) is 0 Å². The lowest BCUT2D eigenvalue weighted by Crippen LogP contribution is -2.11. The Morgan fingerprint density at radius 1 is 1.00 bits per heavy atom. The number of hydrogen-bond acceptors (Lipinski definition) is 2. The normalized spacial score (nSPS) is 12.3. The molecule has 0 aromatic heterocycles. The molecule has 1 N–H and O–H groups in total. The van der Waals surface area contributed by atoms with Gasteiger partial charge >= 0.3 is 0 Å². The van der Waals surface area contributed by atoms with E-state index in [1.807, 2.05) is 18.2 Å². The lowest BCUT2D eigenvalue weighted by Gasteiger charge is -2.15. The highest BCUT2D eigenvalue weighted by atomic mass is 16.5. The first kappa shape index (κ1) is 15.9. The van der Waals surface area contributed by atoms with Gasteiger partial charge in [0.05, 0.1) is 6.10 Å². The minimum Gasteiger partial charge on any atom is -0.504 e. The zero-order valence-corrected chi connectivity index (χ0v) is 12.4. The molecular formula is C17H28O2. The molecule has 0 fully saturated rings. The minimum atomic E-state index is 0.170. The van der Waals surface area contributed by atoms with Crippen LogP contribution < -0.4 is 4.74 Å². The summed E-state index contributed by atoms with van der Waals surface area (Å²) in [5, 5.41) is 9.63. The first-order valence-electron chi connectivity index (χ1n) is 7.68. The van der Waals surface area contributed by atoms with Crippen LogP contribution in [0.25, 0.3) is 0 Å². The van der Waals surface area contributed by atoms with E-state index in [2.05, 4.69) is 13.8 Å². The number of phenolic OH excluding ortho intramolecular Hbond substituents is 1. The van der Waals surface area contributed by atoms with Crippen LogP contribution in [0.4, 0.5) is 0 Å². The van der Waals surface area contributed by atoms with Crippen LogP contribution in [-0.2, 0) is 0 Å². The Labute approximate surface area is 117 Å². The molecule has 0 amide bonds. The smallest absolute Gasteiger partial charge is 0.161 e. The number of aromatic hydroxyl groups is 1. The van der Waals surface area contributed by atoms with Gasteiger partial charge in [0.25, 0.3) is 0 Å². The van der Waals surface area contributed by atoms with Gasteiger partial charge in [-0.25, -0.2) is 0 Å². The first-order chi connectivity index (χ1) is 9.24. The van der Waals surface area contributed by atoms with Gasteiger partial charge in [0.15, 0.2) is 11.5 Å². The van der Waals surface area contributed by atoms with Crippen LogP contribution in [-0.4, -0.2) is 11.2 Å². The summed E-state index contributed by atoms with van der Waals surface area (Å²) in [6.45, 7) is 4.32. The summed E-state index contributed by atoms with van der Waals surface area (Å²) in [6.07, 6.45) is 10.5. The van der Waals surface area contributed by atoms with Gasteiger partial charge in [-0.05, 0) is 31.9 Å². The second kappa shape index (κ2) is 9.71. The quantitative estimate of drug-likeness (QED) is 0.581. The number of phenols is 1. The predicted octanol–water partition coefficient (Wildman–Crippen LogP) is 5.30. The summed E-state index contributed by atoms with van der Waals surface area (Å²) >= 11 is 0. The molecule has 0 heterocycles. The fourth-order valence-corrected chi connectivity index (χ4v) is 2.22. The molecule has 1 atom stereocenters. The maximum atomic E-state index is 9.63. The van der Waals surface area contributed by atoms with Gasteiger partial charge in [0, 0.05) is 0 Å². The number of rotatable bonds is 10. The molecule has 0 aliphatic carbocycles. The lowest BCUT2D eigenvalue weighted by atomic mass is 10.1. The number of ether oxygens (including phenoxy) is 1. The standard InChI is InChI=1S/C17H28O2/c1-3-4-5-6-7-8-9-12-15(2)19-17-14-11-10-13-16(17)18/h10-11,13-15,18H,3-9,12H2,1-2H3. The summed E-state index contributed by atoms with van der Waals surface area (Å²) in [7, 11) is 0. The second-order valence-corrected chi connectivity index (χ2v) is 5.31. The van der Waals surface area contributed by atoms with Crippen LogP contribution in [0.15, 0.2) is 24.3 Å². The zero-order chi connectivity index (χ0) is 13.9. The largest absolute Gasteiger partial charge is 0.504 e. The second-order valence-electron chi connectivity index (χ2n) is 5.31. The molecule has 0 saturated carbocycles. The summed E-state index contributed by atoms with van der Waals surface area (Å²) < 4.78 is 5.74. The molecule has 0 aliphatic heterocycles. The molecule has 1 unspecified atom stereocenters. The van der Waals surface area contributed by atoms with Gasteiger partial charge < -0.3 is 9.84 Å².